The fraction of sp³-hybridized carbons (Fsp3) is 0.417. The molecule has 0 bridgehead atoms. The molecule has 1 aromatic carbocycles. The second kappa shape index (κ2) is 10.5. The molecule has 0 radical (unpaired) electrons. The molecule has 2 aromatic rings. The topological polar surface area (TPSA) is 100 Å². The standard InChI is InChI=1S/C24H31N3O5S/c1-5-8-19-10-11-23-21(13-19)32-22(15-26(4)24(29)20-9-6-7-12-25-20)17(2)14-27(18(3)16-28)33(23,30)31/h5-13,17-18,22,28H,14-16H2,1-4H3/b8-5+/t17-,18-,22+/m1/s1. The van der Waals surface area contributed by atoms with Gasteiger partial charge in [0, 0.05) is 31.7 Å². The third-order valence-electron chi connectivity index (χ3n) is 5.73. The number of aromatic nitrogens is 1. The van der Waals surface area contributed by atoms with Crippen LogP contribution in [-0.4, -0.2) is 72.5 Å². The Hall–Kier alpha value is -2.75. The van der Waals surface area contributed by atoms with E-state index in [0.717, 1.165) is 5.56 Å². The summed E-state index contributed by atoms with van der Waals surface area (Å²) in [5.41, 5.74) is 1.13. The van der Waals surface area contributed by atoms with Crippen LogP contribution >= 0.6 is 0 Å². The largest absolute Gasteiger partial charge is 0.487 e. The number of fused-ring (bicyclic) bond motifs is 1. The minimum Gasteiger partial charge on any atom is -0.487 e. The van der Waals surface area contributed by atoms with Crippen molar-refractivity contribution in [1.82, 2.24) is 14.2 Å². The maximum atomic E-state index is 13.5. The molecule has 2 heterocycles. The highest BCUT2D eigenvalue weighted by molar-refractivity contribution is 7.89. The van der Waals surface area contributed by atoms with Gasteiger partial charge in [-0.25, -0.2) is 8.42 Å². The van der Waals surface area contributed by atoms with Crippen molar-refractivity contribution in [2.45, 2.75) is 37.8 Å². The number of hydrogen-bond acceptors (Lipinski definition) is 6. The van der Waals surface area contributed by atoms with Gasteiger partial charge in [0.25, 0.3) is 5.91 Å². The third kappa shape index (κ3) is 5.43. The van der Waals surface area contributed by atoms with E-state index in [4.69, 9.17) is 4.74 Å². The predicted molar refractivity (Wildman–Crippen MR) is 126 cm³/mol. The lowest BCUT2D eigenvalue weighted by Gasteiger charge is -2.37. The van der Waals surface area contributed by atoms with Gasteiger partial charge in [-0.3, -0.25) is 9.78 Å². The number of amides is 1. The quantitative estimate of drug-likeness (QED) is 0.692. The van der Waals surface area contributed by atoms with E-state index in [2.05, 4.69) is 4.98 Å². The molecule has 1 aliphatic heterocycles. The van der Waals surface area contributed by atoms with E-state index < -0.39 is 22.2 Å². The molecule has 0 saturated carbocycles. The van der Waals surface area contributed by atoms with Crippen LogP contribution in [0.2, 0.25) is 0 Å². The first-order valence-corrected chi connectivity index (χ1v) is 12.4. The maximum Gasteiger partial charge on any atom is 0.272 e. The number of ether oxygens (including phenoxy) is 1. The molecule has 0 aliphatic carbocycles. The van der Waals surface area contributed by atoms with Gasteiger partial charge < -0.3 is 14.7 Å². The molecular weight excluding hydrogens is 442 g/mol. The Labute approximate surface area is 195 Å². The lowest BCUT2D eigenvalue weighted by Crippen LogP contribution is -2.50. The molecule has 1 aliphatic rings. The lowest BCUT2D eigenvalue weighted by molar-refractivity contribution is 0.0559. The van der Waals surface area contributed by atoms with Crippen molar-refractivity contribution in [3.05, 3.63) is 59.9 Å². The van der Waals surface area contributed by atoms with E-state index in [0.29, 0.717) is 5.69 Å². The van der Waals surface area contributed by atoms with Crippen molar-refractivity contribution in [3.8, 4) is 5.75 Å². The Morgan fingerprint density at radius 3 is 2.76 bits per heavy atom. The van der Waals surface area contributed by atoms with Crippen LogP contribution in [0.15, 0.2) is 53.6 Å². The van der Waals surface area contributed by atoms with Crippen molar-refractivity contribution in [1.29, 1.82) is 0 Å². The van der Waals surface area contributed by atoms with Gasteiger partial charge in [0.05, 0.1) is 13.2 Å². The second-order valence-corrected chi connectivity index (χ2v) is 10.2. The van der Waals surface area contributed by atoms with Gasteiger partial charge in [-0.05, 0) is 43.7 Å². The third-order valence-corrected chi connectivity index (χ3v) is 7.75. The number of carbonyl (C=O) groups is 1. The van der Waals surface area contributed by atoms with Gasteiger partial charge in [0.2, 0.25) is 10.0 Å². The normalized spacial score (nSPS) is 21.5. The van der Waals surface area contributed by atoms with Crippen LogP contribution in [-0.2, 0) is 10.0 Å². The molecule has 9 heteroatoms. The number of pyridine rings is 1. The van der Waals surface area contributed by atoms with Crippen LogP contribution in [0.4, 0.5) is 0 Å². The first kappa shape index (κ1) is 24.9. The molecule has 3 rings (SSSR count). The number of carbonyl (C=O) groups excluding carboxylic acids is 1. The summed E-state index contributed by atoms with van der Waals surface area (Å²) in [6.07, 6.45) is 4.80. The SMILES string of the molecule is C/C=C/c1ccc2c(c1)O[C@@H](CN(C)C(=O)c1ccccn1)[C@H](C)CN([C@H](C)CO)S2(=O)=O. The molecule has 178 valence electrons. The summed E-state index contributed by atoms with van der Waals surface area (Å²) in [5.74, 6) is -0.271. The molecule has 33 heavy (non-hydrogen) atoms. The zero-order valence-electron chi connectivity index (χ0n) is 19.4. The molecule has 8 nitrogen and oxygen atoms in total. The second-order valence-electron chi connectivity index (χ2n) is 8.35. The van der Waals surface area contributed by atoms with E-state index >= 15 is 0 Å². The number of aliphatic hydroxyl groups excluding tert-OH is 1. The molecule has 1 aromatic heterocycles. The van der Waals surface area contributed by atoms with Crippen LogP contribution in [0.3, 0.4) is 0 Å². The van der Waals surface area contributed by atoms with Gasteiger partial charge in [0.1, 0.15) is 22.4 Å². The zero-order valence-corrected chi connectivity index (χ0v) is 20.2. The number of benzene rings is 1. The van der Waals surface area contributed by atoms with Gasteiger partial charge in [0.15, 0.2) is 0 Å². The first-order valence-electron chi connectivity index (χ1n) is 10.9. The predicted octanol–water partition coefficient (Wildman–Crippen LogP) is 2.66. The van der Waals surface area contributed by atoms with E-state index in [1.54, 1.807) is 50.5 Å². The van der Waals surface area contributed by atoms with E-state index in [1.807, 2.05) is 26.0 Å². The summed E-state index contributed by atoms with van der Waals surface area (Å²) in [5, 5.41) is 9.73. The summed E-state index contributed by atoms with van der Waals surface area (Å²) in [4.78, 5) is 18.6. The van der Waals surface area contributed by atoms with Crippen LogP contribution in [0, 0.1) is 5.92 Å². The number of nitrogens with zero attached hydrogens (tertiary/aromatic N) is 3. The Balaban J connectivity index is 2.01. The number of aliphatic hydroxyl groups is 1. The molecule has 0 fully saturated rings. The molecule has 0 spiro atoms. The highest BCUT2D eigenvalue weighted by Gasteiger charge is 2.38. The Kier molecular flexibility index (Phi) is 7.88. The van der Waals surface area contributed by atoms with Gasteiger partial charge >= 0.3 is 0 Å². The number of allylic oxidation sites excluding steroid dienone is 1. The maximum absolute atomic E-state index is 13.5. The Morgan fingerprint density at radius 2 is 2.12 bits per heavy atom. The fourth-order valence-corrected chi connectivity index (χ4v) is 5.62. The van der Waals surface area contributed by atoms with Crippen molar-refractivity contribution < 1.29 is 23.1 Å². The zero-order chi connectivity index (χ0) is 24.2. The average Bonchev–Trinajstić information content (AvgIpc) is 2.81. The van der Waals surface area contributed by atoms with Crippen LogP contribution in [0.1, 0.15) is 36.8 Å². The number of sulfonamides is 1. The minimum atomic E-state index is -3.90. The van der Waals surface area contributed by atoms with Gasteiger partial charge in [-0.15, -0.1) is 0 Å². The smallest absolute Gasteiger partial charge is 0.272 e. The van der Waals surface area contributed by atoms with Crippen molar-refractivity contribution in [2.24, 2.45) is 5.92 Å². The summed E-state index contributed by atoms with van der Waals surface area (Å²) < 4.78 is 34.5. The Morgan fingerprint density at radius 1 is 1.36 bits per heavy atom. The minimum absolute atomic E-state index is 0.0478. The monoisotopic (exact) mass is 473 g/mol. The van der Waals surface area contributed by atoms with E-state index in [9.17, 15) is 18.3 Å². The summed E-state index contributed by atoms with van der Waals surface area (Å²) in [7, 11) is -2.22. The van der Waals surface area contributed by atoms with Crippen molar-refractivity contribution in [2.75, 3.05) is 26.7 Å². The molecule has 0 saturated heterocycles. The summed E-state index contributed by atoms with van der Waals surface area (Å²) in [6.45, 7) is 5.52. The average molecular weight is 474 g/mol. The van der Waals surface area contributed by atoms with Gasteiger partial charge in [-0.1, -0.05) is 31.2 Å². The lowest BCUT2D eigenvalue weighted by atomic mass is 10.0. The summed E-state index contributed by atoms with van der Waals surface area (Å²) in [6, 6.07) is 9.49. The Bertz CT molecular complexity index is 1100. The summed E-state index contributed by atoms with van der Waals surface area (Å²) >= 11 is 0. The molecule has 1 N–H and O–H groups in total. The highest BCUT2D eigenvalue weighted by Crippen LogP contribution is 2.34. The molecule has 3 atom stereocenters. The molecule has 0 unspecified atom stereocenters. The number of rotatable bonds is 6. The van der Waals surface area contributed by atoms with Crippen LogP contribution in [0.5, 0.6) is 5.75 Å². The number of likely N-dealkylation sites (N-methyl/N-ethyl adjacent to an activating group) is 1. The van der Waals surface area contributed by atoms with Gasteiger partial charge in [-0.2, -0.15) is 4.31 Å². The molecular formula is C24H31N3O5S. The van der Waals surface area contributed by atoms with Crippen molar-refractivity contribution >= 4 is 22.0 Å². The number of hydrogen-bond donors (Lipinski definition) is 1. The first-order chi connectivity index (χ1) is 15.7. The van der Waals surface area contributed by atoms with Crippen LogP contribution < -0.4 is 4.74 Å². The van der Waals surface area contributed by atoms with E-state index in [-0.39, 0.29) is 42.2 Å². The molecule has 1 amide bonds. The van der Waals surface area contributed by atoms with Crippen molar-refractivity contribution in [3.63, 3.8) is 0 Å². The van der Waals surface area contributed by atoms with Crippen LogP contribution in [0.25, 0.3) is 6.08 Å². The fourth-order valence-electron chi connectivity index (χ4n) is 3.79. The highest BCUT2D eigenvalue weighted by atomic mass is 32.2. The van der Waals surface area contributed by atoms with E-state index in [1.165, 1.54) is 15.3 Å².